The van der Waals surface area contributed by atoms with Crippen LogP contribution in [0, 0.1) is 5.82 Å². The molecule has 0 heterocycles. The molecular formula is C25H23FN2O4. The standard InChI is InChI=1S/C25H23FN2O4/c1-18(32-23-10-6-5-9-22(23)26)25(30)28-27-24(29)16-13-19-11-14-21(15-12-19)31-17-20-7-3-2-4-8-20/h2-16,18H,17H2,1H3,(H,27,29)(H,28,30). The molecule has 0 aliphatic carbocycles. The minimum atomic E-state index is -1.00. The highest BCUT2D eigenvalue weighted by Crippen LogP contribution is 2.17. The molecule has 2 N–H and O–H groups in total. The highest BCUT2D eigenvalue weighted by Gasteiger charge is 2.16. The Hall–Kier alpha value is -4.13. The number of hydrogen-bond acceptors (Lipinski definition) is 4. The van der Waals surface area contributed by atoms with Gasteiger partial charge in [0.2, 0.25) is 0 Å². The number of halogens is 1. The van der Waals surface area contributed by atoms with Crippen LogP contribution in [0.2, 0.25) is 0 Å². The number of ether oxygens (including phenoxy) is 2. The summed E-state index contributed by atoms with van der Waals surface area (Å²) in [4.78, 5) is 24.0. The van der Waals surface area contributed by atoms with E-state index in [-0.39, 0.29) is 5.75 Å². The van der Waals surface area contributed by atoms with Crippen LogP contribution in [0.1, 0.15) is 18.1 Å². The highest BCUT2D eigenvalue weighted by atomic mass is 19.1. The van der Waals surface area contributed by atoms with Gasteiger partial charge in [-0.05, 0) is 48.4 Å². The SMILES string of the molecule is CC(Oc1ccccc1F)C(=O)NNC(=O)C=Cc1ccc(OCc2ccccc2)cc1. The van der Waals surface area contributed by atoms with Gasteiger partial charge in [0.15, 0.2) is 17.7 Å². The fraction of sp³-hybridized carbons (Fsp3) is 0.120. The van der Waals surface area contributed by atoms with Crippen LogP contribution in [0.5, 0.6) is 11.5 Å². The molecule has 0 bridgehead atoms. The third kappa shape index (κ3) is 6.98. The van der Waals surface area contributed by atoms with Gasteiger partial charge in [0.05, 0.1) is 0 Å². The minimum Gasteiger partial charge on any atom is -0.489 e. The molecule has 0 fully saturated rings. The second-order valence-corrected chi connectivity index (χ2v) is 6.85. The predicted octanol–water partition coefficient (Wildman–Crippen LogP) is 4.03. The predicted molar refractivity (Wildman–Crippen MR) is 119 cm³/mol. The van der Waals surface area contributed by atoms with Gasteiger partial charge >= 0.3 is 0 Å². The normalized spacial score (nSPS) is 11.6. The molecule has 0 saturated heterocycles. The number of benzene rings is 3. The van der Waals surface area contributed by atoms with Crippen molar-refractivity contribution < 1.29 is 23.5 Å². The fourth-order valence-electron chi connectivity index (χ4n) is 2.64. The first-order valence-corrected chi connectivity index (χ1v) is 9.97. The van der Waals surface area contributed by atoms with E-state index in [9.17, 15) is 14.0 Å². The molecule has 0 aromatic heterocycles. The van der Waals surface area contributed by atoms with Crippen molar-refractivity contribution in [2.24, 2.45) is 0 Å². The van der Waals surface area contributed by atoms with Crippen LogP contribution in [0.25, 0.3) is 6.08 Å². The summed E-state index contributed by atoms with van der Waals surface area (Å²) < 4.78 is 24.6. The fourth-order valence-corrected chi connectivity index (χ4v) is 2.64. The molecule has 3 rings (SSSR count). The number of carbonyl (C=O) groups excluding carboxylic acids is 2. The second kappa shape index (κ2) is 11.3. The van der Waals surface area contributed by atoms with E-state index in [0.717, 1.165) is 11.1 Å². The van der Waals surface area contributed by atoms with Crippen LogP contribution in [-0.2, 0) is 16.2 Å². The monoisotopic (exact) mass is 434 g/mol. The maximum Gasteiger partial charge on any atom is 0.279 e. The van der Waals surface area contributed by atoms with Crippen LogP contribution < -0.4 is 20.3 Å². The van der Waals surface area contributed by atoms with E-state index in [2.05, 4.69) is 10.9 Å². The minimum absolute atomic E-state index is 0.0439. The van der Waals surface area contributed by atoms with Crippen molar-refractivity contribution in [2.75, 3.05) is 0 Å². The Kier molecular flexibility index (Phi) is 7.97. The average Bonchev–Trinajstić information content (AvgIpc) is 2.82. The molecule has 1 atom stereocenters. The molecule has 0 aliphatic rings. The van der Waals surface area contributed by atoms with Crippen LogP contribution in [0.4, 0.5) is 4.39 Å². The summed E-state index contributed by atoms with van der Waals surface area (Å²) in [5, 5.41) is 0. The smallest absolute Gasteiger partial charge is 0.279 e. The summed E-state index contributed by atoms with van der Waals surface area (Å²) >= 11 is 0. The molecule has 6 nitrogen and oxygen atoms in total. The molecule has 2 amide bonds. The van der Waals surface area contributed by atoms with E-state index in [1.54, 1.807) is 12.1 Å². The quantitative estimate of drug-likeness (QED) is 0.415. The lowest BCUT2D eigenvalue weighted by Gasteiger charge is -2.15. The van der Waals surface area contributed by atoms with Crippen LogP contribution >= 0.6 is 0 Å². The summed E-state index contributed by atoms with van der Waals surface area (Å²) in [7, 11) is 0. The Morgan fingerprint density at radius 3 is 2.34 bits per heavy atom. The van der Waals surface area contributed by atoms with Gasteiger partial charge in [-0.1, -0.05) is 54.6 Å². The van der Waals surface area contributed by atoms with Crippen molar-refractivity contribution in [3.8, 4) is 11.5 Å². The van der Waals surface area contributed by atoms with E-state index < -0.39 is 23.7 Å². The van der Waals surface area contributed by atoms with Gasteiger partial charge in [-0.25, -0.2) is 4.39 Å². The first-order valence-electron chi connectivity index (χ1n) is 9.97. The molecule has 0 saturated carbocycles. The first-order chi connectivity index (χ1) is 15.5. The summed E-state index contributed by atoms with van der Waals surface area (Å²) in [6, 6.07) is 22.8. The van der Waals surface area contributed by atoms with E-state index >= 15 is 0 Å². The van der Waals surface area contributed by atoms with Gasteiger partial charge in [0.1, 0.15) is 12.4 Å². The van der Waals surface area contributed by atoms with Crippen LogP contribution in [-0.4, -0.2) is 17.9 Å². The lowest BCUT2D eigenvalue weighted by molar-refractivity contribution is -0.131. The van der Waals surface area contributed by atoms with Gasteiger partial charge in [-0.3, -0.25) is 20.4 Å². The Bertz CT molecular complexity index is 1070. The van der Waals surface area contributed by atoms with Gasteiger partial charge in [-0.15, -0.1) is 0 Å². The largest absolute Gasteiger partial charge is 0.489 e. The Labute approximate surface area is 185 Å². The van der Waals surface area contributed by atoms with Gasteiger partial charge in [0, 0.05) is 6.08 Å². The van der Waals surface area contributed by atoms with Crippen molar-refractivity contribution in [1.29, 1.82) is 0 Å². The third-order valence-electron chi connectivity index (χ3n) is 4.37. The van der Waals surface area contributed by atoms with Gasteiger partial charge < -0.3 is 9.47 Å². The number of rotatable bonds is 8. The van der Waals surface area contributed by atoms with Crippen LogP contribution in [0.15, 0.2) is 84.9 Å². The molecule has 0 spiro atoms. The second-order valence-electron chi connectivity index (χ2n) is 6.85. The maximum atomic E-state index is 13.6. The van der Waals surface area contributed by atoms with Crippen LogP contribution in [0.3, 0.4) is 0 Å². The van der Waals surface area contributed by atoms with Gasteiger partial charge in [-0.2, -0.15) is 0 Å². The Morgan fingerprint density at radius 2 is 1.62 bits per heavy atom. The molecule has 3 aromatic carbocycles. The van der Waals surface area contributed by atoms with E-state index in [0.29, 0.717) is 12.4 Å². The Balaban J connectivity index is 1.42. The Morgan fingerprint density at radius 1 is 0.938 bits per heavy atom. The average molecular weight is 434 g/mol. The molecular weight excluding hydrogens is 411 g/mol. The summed E-state index contributed by atoms with van der Waals surface area (Å²) in [5.74, 6) is -1.05. The zero-order chi connectivity index (χ0) is 22.8. The van der Waals surface area contributed by atoms with Crippen molar-refractivity contribution in [1.82, 2.24) is 10.9 Å². The molecule has 164 valence electrons. The van der Waals surface area contributed by atoms with Crippen molar-refractivity contribution in [3.05, 3.63) is 102 Å². The molecule has 0 aliphatic heterocycles. The van der Waals surface area contributed by atoms with Gasteiger partial charge in [0.25, 0.3) is 11.8 Å². The highest BCUT2D eigenvalue weighted by molar-refractivity contribution is 5.93. The number of amides is 2. The van der Waals surface area contributed by atoms with E-state index in [1.807, 2.05) is 54.6 Å². The molecule has 32 heavy (non-hydrogen) atoms. The number of para-hydroxylation sites is 1. The zero-order valence-corrected chi connectivity index (χ0v) is 17.5. The first kappa shape index (κ1) is 22.6. The zero-order valence-electron chi connectivity index (χ0n) is 17.5. The lowest BCUT2D eigenvalue weighted by atomic mass is 10.2. The topological polar surface area (TPSA) is 76.7 Å². The van der Waals surface area contributed by atoms with E-state index in [1.165, 1.54) is 31.2 Å². The van der Waals surface area contributed by atoms with E-state index in [4.69, 9.17) is 9.47 Å². The van der Waals surface area contributed by atoms with Crippen molar-refractivity contribution in [2.45, 2.75) is 19.6 Å². The molecule has 0 radical (unpaired) electrons. The number of nitrogens with one attached hydrogen (secondary N) is 2. The molecule has 3 aromatic rings. The maximum absolute atomic E-state index is 13.6. The van der Waals surface area contributed by atoms with Crippen molar-refractivity contribution >= 4 is 17.9 Å². The third-order valence-corrected chi connectivity index (χ3v) is 4.37. The van der Waals surface area contributed by atoms with Crippen molar-refractivity contribution in [3.63, 3.8) is 0 Å². The number of hydrazine groups is 1. The molecule has 1 unspecified atom stereocenters. The number of hydrogen-bond donors (Lipinski definition) is 2. The number of carbonyl (C=O) groups is 2. The lowest BCUT2D eigenvalue weighted by Crippen LogP contribution is -2.46. The summed E-state index contributed by atoms with van der Waals surface area (Å²) in [6.45, 7) is 1.92. The summed E-state index contributed by atoms with van der Waals surface area (Å²) in [6.07, 6.45) is 1.88. The molecule has 7 heteroatoms. The summed E-state index contributed by atoms with van der Waals surface area (Å²) in [5.41, 5.74) is 6.36.